The first-order valence-corrected chi connectivity index (χ1v) is 11.6. The highest BCUT2D eigenvalue weighted by Gasteiger charge is 2.21. The van der Waals surface area contributed by atoms with E-state index in [9.17, 15) is 4.79 Å². The summed E-state index contributed by atoms with van der Waals surface area (Å²) < 4.78 is 19.8. The van der Waals surface area contributed by atoms with E-state index in [4.69, 9.17) is 0 Å². The number of aromatic nitrogens is 6. The minimum atomic E-state index is -0.485. The number of imidazole rings is 1. The molecule has 7 nitrogen and oxygen atoms in total. The molecule has 0 aliphatic heterocycles. The molecule has 176 valence electrons. The van der Waals surface area contributed by atoms with Gasteiger partial charge in [-0.3, -0.25) is 4.57 Å². The summed E-state index contributed by atoms with van der Waals surface area (Å²) in [6.07, 6.45) is 3.79. The Hall–Kier alpha value is -4.33. The van der Waals surface area contributed by atoms with Crippen LogP contribution in [-0.4, -0.2) is 29.3 Å². The maximum absolute atomic E-state index is 15.5. The number of halogens is 1. The van der Waals surface area contributed by atoms with Gasteiger partial charge in [-0.2, -0.15) is 9.07 Å². The van der Waals surface area contributed by atoms with Crippen molar-refractivity contribution >= 4 is 0 Å². The van der Waals surface area contributed by atoms with Crippen molar-refractivity contribution in [1.82, 2.24) is 29.3 Å². The van der Waals surface area contributed by atoms with Crippen LogP contribution in [0.1, 0.15) is 31.0 Å². The van der Waals surface area contributed by atoms with Crippen molar-refractivity contribution in [1.29, 1.82) is 0 Å². The topological polar surface area (TPSA) is 70.5 Å². The molecule has 2 aromatic heterocycles. The molecule has 0 spiro atoms. The summed E-state index contributed by atoms with van der Waals surface area (Å²) in [7, 11) is 0. The standard InChI is InChI=1S/C27H25FN6O/c1-2-3-12-25-26(28)34(22-9-5-4-6-10-22)27(35)32(25)18-20-14-16-21(17-15-20)23-11-7-8-13-24(23)33-19-29-30-31-33/h4-11,13-17,19H,2-3,12,18H2,1H3. The first-order chi connectivity index (χ1) is 17.2. The number of tetrazole rings is 1. The molecule has 0 saturated heterocycles. The largest absolute Gasteiger partial charge is 0.335 e. The van der Waals surface area contributed by atoms with Gasteiger partial charge in [-0.05, 0) is 52.6 Å². The molecule has 0 unspecified atom stereocenters. The molecule has 35 heavy (non-hydrogen) atoms. The number of unbranched alkanes of at least 4 members (excludes halogenated alkanes) is 1. The lowest BCUT2D eigenvalue weighted by Crippen LogP contribution is -2.25. The summed E-state index contributed by atoms with van der Waals surface area (Å²) in [6, 6.07) is 24.7. The van der Waals surface area contributed by atoms with Crippen LogP contribution in [0.2, 0.25) is 0 Å². The van der Waals surface area contributed by atoms with Gasteiger partial charge in [-0.15, -0.1) is 5.10 Å². The molecule has 3 aromatic carbocycles. The van der Waals surface area contributed by atoms with E-state index in [0.29, 0.717) is 24.3 Å². The first-order valence-electron chi connectivity index (χ1n) is 11.6. The summed E-state index contributed by atoms with van der Waals surface area (Å²) >= 11 is 0. The van der Waals surface area contributed by atoms with Crippen LogP contribution in [0.3, 0.4) is 0 Å². The maximum atomic E-state index is 15.5. The molecule has 8 heteroatoms. The van der Waals surface area contributed by atoms with Crippen molar-refractivity contribution in [3.8, 4) is 22.5 Å². The van der Waals surface area contributed by atoms with Crippen molar-refractivity contribution in [2.24, 2.45) is 0 Å². The smallest absolute Gasteiger partial charge is 0.288 e. The monoisotopic (exact) mass is 468 g/mol. The zero-order valence-electron chi connectivity index (χ0n) is 19.4. The third kappa shape index (κ3) is 4.42. The van der Waals surface area contributed by atoms with E-state index in [1.807, 2.05) is 54.6 Å². The number of hydrogen-bond acceptors (Lipinski definition) is 4. The molecular formula is C27H25FN6O. The Labute approximate surface area is 202 Å². The van der Waals surface area contributed by atoms with Gasteiger partial charge in [-0.25, -0.2) is 9.36 Å². The lowest BCUT2D eigenvalue weighted by Gasteiger charge is -2.11. The van der Waals surface area contributed by atoms with Gasteiger partial charge in [0.1, 0.15) is 6.33 Å². The van der Waals surface area contributed by atoms with Crippen molar-refractivity contribution in [2.45, 2.75) is 32.7 Å². The van der Waals surface area contributed by atoms with Gasteiger partial charge in [-0.1, -0.05) is 74.0 Å². The molecule has 5 aromatic rings. The van der Waals surface area contributed by atoms with Crippen LogP contribution in [0.25, 0.3) is 22.5 Å². The summed E-state index contributed by atoms with van der Waals surface area (Å²) in [6.45, 7) is 2.35. The average Bonchev–Trinajstić information content (AvgIpc) is 3.51. The first kappa shape index (κ1) is 22.5. The molecule has 0 atom stereocenters. The maximum Gasteiger partial charge on any atom is 0.335 e. The second kappa shape index (κ2) is 9.89. The van der Waals surface area contributed by atoms with Gasteiger partial charge < -0.3 is 0 Å². The number of rotatable bonds is 8. The molecule has 0 bridgehead atoms. The number of para-hydroxylation sites is 2. The van der Waals surface area contributed by atoms with E-state index in [1.165, 1.54) is 4.57 Å². The second-order valence-electron chi connectivity index (χ2n) is 8.35. The Balaban J connectivity index is 1.49. The van der Waals surface area contributed by atoms with E-state index in [1.54, 1.807) is 39.8 Å². The summed E-state index contributed by atoms with van der Waals surface area (Å²) in [4.78, 5) is 13.3. The van der Waals surface area contributed by atoms with Gasteiger partial charge >= 0.3 is 5.69 Å². The Bertz CT molecular complexity index is 1470. The molecular weight excluding hydrogens is 443 g/mol. The third-order valence-corrected chi connectivity index (χ3v) is 6.07. The Morgan fingerprint density at radius 2 is 1.66 bits per heavy atom. The summed E-state index contributed by atoms with van der Waals surface area (Å²) in [5.41, 5.74) is 4.35. The third-order valence-electron chi connectivity index (χ3n) is 6.07. The minimum absolute atomic E-state index is 0.295. The van der Waals surface area contributed by atoms with Crippen molar-refractivity contribution in [2.75, 3.05) is 0 Å². The van der Waals surface area contributed by atoms with Crippen molar-refractivity contribution < 1.29 is 4.39 Å². The average molecular weight is 469 g/mol. The normalized spacial score (nSPS) is 11.1. The molecule has 0 aliphatic rings. The van der Waals surface area contributed by atoms with Crippen molar-refractivity contribution in [3.05, 3.63) is 113 Å². The molecule has 0 amide bonds. The fraction of sp³-hybridized carbons (Fsp3) is 0.185. The lowest BCUT2D eigenvalue weighted by molar-refractivity contribution is 0.535. The molecule has 0 fully saturated rings. The zero-order chi connectivity index (χ0) is 24.2. The van der Waals surface area contributed by atoms with E-state index < -0.39 is 5.95 Å². The number of benzene rings is 3. The van der Waals surface area contributed by atoms with E-state index in [2.05, 4.69) is 22.4 Å². The fourth-order valence-corrected chi connectivity index (χ4v) is 4.27. The predicted molar refractivity (Wildman–Crippen MR) is 132 cm³/mol. The summed E-state index contributed by atoms with van der Waals surface area (Å²) in [5, 5.41) is 11.5. The lowest BCUT2D eigenvalue weighted by atomic mass is 10.0. The predicted octanol–water partition coefficient (Wildman–Crippen LogP) is 4.81. The minimum Gasteiger partial charge on any atom is -0.288 e. The molecule has 0 aliphatic carbocycles. The Morgan fingerprint density at radius 1 is 0.914 bits per heavy atom. The van der Waals surface area contributed by atoms with E-state index >= 15 is 4.39 Å². The Morgan fingerprint density at radius 3 is 2.37 bits per heavy atom. The molecule has 0 saturated carbocycles. The SMILES string of the molecule is CCCCc1c(F)n(-c2ccccc2)c(=O)n1Cc1ccc(-c2ccccc2-n2cnnn2)cc1. The molecule has 0 N–H and O–H groups in total. The van der Waals surface area contributed by atoms with Crippen LogP contribution >= 0.6 is 0 Å². The van der Waals surface area contributed by atoms with Crippen LogP contribution in [0.15, 0.2) is 90.0 Å². The van der Waals surface area contributed by atoms with E-state index in [0.717, 1.165) is 35.2 Å². The molecule has 0 radical (unpaired) electrons. The highest BCUT2D eigenvalue weighted by Crippen LogP contribution is 2.26. The quantitative estimate of drug-likeness (QED) is 0.328. The zero-order valence-corrected chi connectivity index (χ0v) is 19.4. The van der Waals surface area contributed by atoms with Crippen molar-refractivity contribution in [3.63, 3.8) is 0 Å². The molecule has 2 heterocycles. The molecule has 5 rings (SSSR count). The van der Waals surface area contributed by atoms with Gasteiger partial charge in [0, 0.05) is 5.56 Å². The van der Waals surface area contributed by atoms with Crippen LogP contribution in [0.4, 0.5) is 4.39 Å². The fourth-order valence-electron chi connectivity index (χ4n) is 4.27. The van der Waals surface area contributed by atoms with Gasteiger partial charge in [0.15, 0.2) is 0 Å². The van der Waals surface area contributed by atoms with Gasteiger partial charge in [0.2, 0.25) is 5.95 Å². The number of hydrogen-bond donors (Lipinski definition) is 0. The van der Waals surface area contributed by atoms with Gasteiger partial charge in [0.05, 0.1) is 23.6 Å². The van der Waals surface area contributed by atoms with E-state index in [-0.39, 0.29) is 5.69 Å². The second-order valence-corrected chi connectivity index (χ2v) is 8.35. The van der Waals surface area contributed by atoms with Crippen LogP contribution < -0.4 is 5.69 Å². The highest BCUT2D eigenvalue weighted by molar-refractivity contribution is 5.72. The number of nitrogens with zero attached hydrogens (tertiary/aromatic N) is 6. The Kier molecular flexibility index (Phi) is 6.34. The van der Waals surface area contributed by atoms with Crippen LogP contribution in [0.5, 0.6) is 0 Å². The van der Waals surface area contributed by atoms with Crippen LogP contribution in [-0.2, 0) is 13.0 Å². The van der Waals surface area contributed by atoms with Crippen LogP contribution in [0, 0.1) is 5.95 Å². The van der Waals surface area contributed by atoms with Gasteiger partial charge in [0.25, 0.3) is 0 Å². The summed E-state index contributed by atoms with van der Waals surface area (Å²) in [5.74, 6) is -0.485. The highest BCUT2D eigenvalue weighted by atomic mass is 19.1.